The SMILES string of the molecule is C[C@]12CCC3c4cc(CCCCO)c(OCc5ccccc5)cc4CCC3C1CCC2=C(F)F. The summed E-state index contributed by atoms with van der Waals surface area (Å²) in [4.78, 5) is 0. The van der Waals surface area contributed by atoms with Crippen molar-refractivity contribution in [1.82, 2.24) is 0 Å². The van der Waals surface area contributed by atoms with Crippen molar-refractivity contribution < 1.29 is 18.6 Å². The standard InChI is InChI=1S/C30H36F2O2/c1-30-15-14-23-24(26(30)12-13-27(30)29(31)32)11-10-21-18-28(34-19-20-7-3-2-4-8-20)22(17-25(21)23)9-5-6-16-33/h2-4,7-8,17-18,23-24,26,33H,5-6,9-16,19H2,1H3/t23?,24?,26?,30-/m0/s1. The number of aliphatic hydroxyl groups excluding tert-OH is 1. The molecule has 0 aromatic heterocycles. The largest absolute Gasteiger partial charge is 0.489 e. The molecule has 0 spiro atoms. The van der Waals surface area contributed by atoms with Crippen LogP contribution in [0.25, 0.3) is 0 Å². The number of fused-ring (bicyclic) bond motifs is 5. The molecule has 34 heavy (non-hydrogen) atoms. The fourth-order valence-corrected chi connectivity index (χ4v) is 7.26. The van der Waals surface area contributed by atoms with E-state index in [0.717, 1.165) is 62.7 Å². The van der Waals surface area contributed by atoms with Gasteiger partial charge < -0.3 is 9.84 Å². The third kappa shape index (κ3) is 4.30. The molecule has 4 atom stereocenters. The number of ether oxygens (including phenoxy) is 1. The molecular formula is C30H36F2O2. The molecule has 4 heteroatoms. The Labute approximate surface area is 202 Å². The molecule has 0 amide bonds. The van der Waals surface area contributed by atoms with Gasteiger partial charge in [-0.2, -0.15) is 8.78 Å². The van der Waals surface area contributed by atoms with E-state index >= 15 is 0 Å². The maximum absolute atomic E-state index is 13.7. The Balaban J connectivity index is 1.43. The smallest absolute Gasteiger partial charge is 0.270 e. The van der Waals surface area contributed by atoms with E-state index in [9.17, 15) is 13.9 Å². The van der Waals surface area contributed by atoms with Crippen molar-refractivity contribution >= 4 is 0 Å². The van der Waals surface area contributed by atoms with Crippen LogP contribution < -0.4 is 4.74 Å². The summed E-state index contributed by atoms with van der Waals surface area (Å²) in [7, 11) is 0. The number of halogens is 2. The van der Waals surface area contributed by atoms with Gasteiger partial charge in [0.2, 0.25) is 0 Å². The van der Waals surface area contributed by atoms with Crippen LogP contribution in [0, 0.1) is 17.3 Å². The lowest BCUT2D eigenvalue weighted by molar-refractivity contribution is 0.0783. The molecule has 0 heterocycles. The summed E-state index contributed by atoms with van der Waals surface area (Å²) in [6.45, 7) is 2.85. The number of hydrogen-bond acceptors (Lipinski definition) is 2. The summed E-state index contributed by atoms with van der Waals surface area (Å²) < 4.78 is 33.7. The van der Waals surface area contributed by atoms with Crippen molar-refractivity contribution in [2.45, 2.75) is 77.2 Å². The minimum absolute atomic E-state index is 0.205. The average molecular weight is 467 g/mol. The molecule has 0 radical (unpaired) electrons. The number of unbranched alkanes of at least 4 members (excludes halogenated alkanes) is 1. The molecule has 5 rings (SSSR count). The van der Waals surface area contributed by atoms with Crippen molar-refractivity contribution in [2.75, 3.05) is 6.61 Å². The van der Waals surface area contributed by atoms with Crippen molar-refractivity contribution in [3.8, 4) is 5.75 Å². The Kier molecular flexibility index (Phi) is 6.79. The summed E-state index contributed by atoms with van der Waals surface area (Å²) in [5, 5.41) is 9.30. The van der Waals surface area contributed by atoms with Crippen LogP contribution in [0.5, 0.6) is 5.75 Å². The lowest BCUT2D eigenvalue weighted by Gasteiger charge is -2.49. The molecule has 2 aromatic carbocycles. The Hall–Kier alpha value is -2.20. The highest BCUT2D eigenvalue weighted by Gasteiger charge is 2.53. The molecule has 0 bridgehead atoms. The Morgan fingerprint density at radius 3 is 2.65 bits per heavy atom. The first kappa shape index (κ1) is 23.5. The van der Waals surface area contributed by atoms with Gasteiger partial charge >= 0.3 is 0 Å². The quantitative estimate of drug-likeness (QED) is 0.426. The van der Waals surface area contributed by atoms with Gasteiger partial charge in [-0.1, -0.05) is 43.3 Å². The maximum atomic E-state index is 13.7. The fourth-order valence-electron chi connectivity index (χ4n) is 7.26. The number of rotatable bonds is 7. The number of allylic oxidation sites excluding steroid dienone is 1. The summed E-state index contributed by atoms with van der Waals surface area (Å²) in [6, 6.07) is 14.9. The first-order valence-electron chi connectivity index (χ1n) is 13.0. The van der Waals surface area contributed by atoms with Crippen molar-refractivity contribution in [2.24, 2.45) is 17.3 Å². The van der Waals surface area contributed by atoms with Crippen molar-refractivity contribution in [1.29, 1.82) is 0 Å². The lowest BCUT2D eigenvalue weighted by Crippen LogP contribution is -2.40. The van der Waals surface area contributed by atoms with Crippen molar-refractivity contribution in [3.05, 3.63) is 76.4 Å². The first-order valence-corrected chi connectivity index (χ1v) is 13.0. The highest BCUT2D eigenvalue weighted by Crippen LogP contribution is 2.63. The van der Waals surface area contributed by atoms with E-state index in [-0.39, 0.29) is 12.0 Å². The van der Waals surface area contributed by atoms with Gasteiger partial charge in [-0.15, -0.1) is 0 Å². The zero-order valence-electron chi connectivity index (χ0n) is 20.2. The van der Waals surface area contributed by atoms with Crippen LogP contribution in [-0.4, -0.2) is 11.7 Å². The molecule has 3 aliphatic carbocycles. The normalized spacial score (nSPS) is 27.6. The predicted molar refractivity (Wildman–Crippen MR) is 131 cm³/mol. The lowest BCUT2D eigenvalue weighted by atomic mass is 9.55. The molecule has 182 valence electrons. The van der Waals surface area contributed by atoms with E-state index < -0.39 is 6.08 Å². The highest BCUT2D eigenvalue weighted by molar-refractivity contribution is 5.47. The highest BCUT2D eigenvalue weighted by atomic mass is 19.3. The average Bonchev–Trinajstić information content (AvgIpc) is 3.21. The summed E-state index contributed by atoms with van der Waals surface area (Å²) in [5.41, 5.74) is 5.31. The molecule has 3 aliphatic rings. The molecule has 1 N–H and O–H groups in total. The van der Waals surface area contributed by atoms with Crippen molar-refractivity contribution in [3.63, 3.8) is 0 Å². The fraction of sp³-hybridized carbons (Fsp3) is 0.533. The van der Waals surface area contributed by atoms with Crippen LogP contribution >= 0.6 is 0 Å². The van der Waals surface area contributed by atoms with Crippen LogP contribution in [0.4, 0.5) is 8.78 Å². The van der Waals surface area contributed by atoms with Gasteiger partial charge in [0.05, 0.1) is 0 Å². The summed E-state index contributed by atoms with van der Waals surface area (Å²) in [6.07, 6.45) is 6.57. The third-order valence-corrected chi connectivity index (χ3v) is 9.01. The number of benzene rings is 2. The van der Waals surface area contributed by atoms with E-state index in [1.165, 1.54) is 16.7 Å². The van der Waals surface area contributed by atoms with Crippen LogP contribution in [0.15, 0.2) is 54.1 Å². The van der Waals surface area contributed by atoms with Gasteiger partial charge in [0, 0.05) is 12.2 Å². The summed E-state index contributed by atoms with van der Waals surface area (Å²) >= 11 is 0. The molecule has 2 fully saturated rings. The second kappa shape index (κ2) is 9.81. The van der Waals surface area contributed by atoms with Gasteiger partial charge in [-0.05, 0) is 109 Å². The van der Waals surface area contributed by atoms with Gasteiger partial charge in [0.25, 0.3) is 6.08 Å². The zero-order valence-corrected chi connectivity index (χ0v) is 20.2. The second-order valence-electron chi connectivity index (χ2n) is 10.8. The van der Waals surface area contributed by atoms with Gasteiger partial charge in [0.1, 0.15) is 12.4 Å². The first-order chi connectivity index (χ1) is 16.5. The molecule has 0 saturated heterocycles. The van der Waals surface area contributed by atoms with E-state index in [1.807, 2.05) is 18.2 Å². The van der Waals surface area contributed by atoms with E-state index in [0.29, 0.717) is 36.4 Å². The number of aliphatic hydroxyl groups is 1. The molecule has 2 aromatic rings. The third-order valence-electron chi connectivity index (χ3n) is 9.01. The van der Waals surface area contributed by atoms with Gasteiger partial charge in [-0.25, -0.2) is 0 Å². The molecular weight excluding hydrogens is 430 g/mol. The van der Waals surface area contributed by atoms with E-state index in [1.54, 1.807) is 0 Å². The van der Waals surface area contributed by atoms with Crippen LogP contribution in [0.3, 0.4) is 0 Å². The van der Waals surface area contributed by atoms with E-state index in [4.69, 9.17) is 4.74 Å². The van der Waals surface area contributed by atoms with Gasteiger partial charge in [0.15, 0.2) is 0 Å². The number of aryl methyl sites for hydroxylation is 2. The summed E-state index contributed by atoms with van der Waals surface area (Å²) in [5.74, 6) is 2.28. The van der Waals surface area contributed by atoms with E-state index in [2.05, 4.69) is 31.2 Å². The minimum atomic E-state index is -1.42. The second-order valence-corrected chi connectivity index (χ2v) is 10.8. The molecule has 2 nitrogen and oxygen atoms in total. The monoisotopic (exact) mass is 466 g/mol. The molecule has 3 unspecified atom stereocenters. The molecule has 0 aliphatic heterocycles. The van der Waals surface area contributed by atoms with Gasteiger partial charge in [-0.3, -0.25) is 0 Å². The van der Waals surface area contributed by atoms with Crippen LogP contribution in [-0.2, 0) is 19.4 Å². The molecule has 2 saturated carbocycles. The Bertz CT molecular complexity index is 1040. The maximum Gasteiger partial charge on any atom is 0.270 e. The topological polar surface area (TPSA) is 29.5 Å². The number of hydrogen-bond donors (Lipinski definition) is 1. The Morgan fingerprint density at radius 1 is 1.06 bits per heavy atom. The van der Waals surface area contributed by atoms with Crippen LogP contribution in [0.1, 0.15) is 80.0 Å². The van der Waals surface area contributed by atoms with Crippen LogP contribution in [0.2, 0.25) is 0 Å². The zero-order chi connectivity index (χ0) is 23.7. The Morgan fingerprint density at radius 2 is 1.88 bits per heavy atom. The minimum Gasteiger partial charge on any atom is -0.489 e. The predicted octanol–water partition coefficient (Wildman–Crippen LogP) is 7.59.